The predicted molar refractivity (Wildman–Crippen MR) is 74.4 cm³/mol. The molecule has 0 aliphatic heterocycles. The molecule has 84 valence electrons. The van der Waals surface area contributed by atoms with E-state index in [-0.39, 0.29) is 0 Å². The van der Waals surface area contributed by atoms with Crippen molar-refractivity contribution in [3.63, 3.8) is 0 Å². The van der Waals surface area contributed by atoms with Crippen LogP contribution >= 0.6 is 31.9 Å². The summed E-state index contributed by atoms with van der Waals surface area (Å²) < 4.78 is 2.30. The lowest BCUT2D eigenvalue weighted by Crippen LogP contribution is -1.98. The minimum absolute atomic E-state index is 0.726. The van der Waals surface area contributed by atoms with E-state index in [4.69, 9.17) is 0 Å². The number of hydrogen-bond acceptors (Lipinski definition) is 0. The van der Waals surface area contributed by atoms with Crippen molar-refractivity contribution in [2.24, 2.45) is 0 Å². The second-order valence-electron chi connectivity index (χ2n) is 3.95. The average Bonchev–Trinajstić information content (AvgIpc) is 2.22. The summed E-state index contributed by atoms with van der Waals surface area (Å²) in [5.74, 6) is 0.726. The predicted octanol–water partition coefficient (Wildman–Crippen LogP) is 5.90. The standard InChI is InChI=1S/C13H18Br2/c1-3-5-10(6-4-2)11-7-8-12(14)13(15)9-11/h7-10H,3-6H2,1-2H3. The number of benzene rings is 1. The number of rotatable bonds is 5. The first kappa shape index (κ1) is 13.2. The molecule has 0 heterocycles. The molecule has 0 radical (unpaired) electrons. The third kappa shape index (κ3) is 3.92. The van der Waals surface area contributed by atoms with Gasteiger partial charge in [0.15, 0.2) is 0 Å². The average molecular weight is 334 g/mol. The van der Waals surface area contributed by atoms with Crippen LogP contribution in [0.4, 0.5) is 0 Å². The summed E-state index contributed by atoms with van der Waals surface area (Å²) in [5, 5.41) is 0. The number of halogens is 2. The summed E-state index contributed by atoms with van der Waals surface area (Å²) in [6.45, 7) is 4.52. The van der Waals surface area contributed by atoms with Gasteiger partial charge in [0, 0.05) is 8.95 Å². The van der Waals surface area contributed by atoms with Gasteiger partial charge in [-0.25, -0.2) is 0 Å². The zero-order valence-corrected chi connectivity index (χ0v) is 12.6. The molecule has 1 aromatic rings. The molecule has 0 saturated heterocycles. The maximum atomic E-state index is 3.57. The van der Waals surface area contributed by atoms with Crippen molar-refractivity contribution < 1.29 is 0 Å². The minimum Gasteiger partial charge on any atom is -0.0654 e. The van der Waals surface area contributed by atoms with Gasteiger partial charge in [-0.3, -0.25) is 0 Å². The molecule has 0 atom stereocenters. The highest BCUT2D eigenvalue weighted by Gasteiger charge is 2.10. The first-order chi connectivity index (χ1) is 7.19. The molecule has 0 unspecified atom stereocenters. The van der Waals surface area contributed by atoms with Gasteiger partial charge >= 0.3 is 0 Å². The fraction of sp³-hybridized carbons (Fsp3) is 0.538. The summed E-state index contributed by atoms with van der Waals surface area (Å²) in [4.78, 5) is 0. The van der Waals surface area contributed by atoms with Gasteiger partial charge in [0.2, 0.25) is 0 Å². The molecular weight excluding hydrogens is 316 g/mol. The third-order valence-corrected chi connectivity index (χ3v) is 4.57. The van der Waals surface area contributed by atoms with Gasteiger partial charge in [0.05, 0.1) is 0 Å². The van der Waals surface area contributed by atoms with Crippen molar-refractivity contribution in [3.8, 4) is 0 Å². The first-order valence-electron chi connectivity index (χ1n) is 5.64. The van der Waals surface area contributed by atoms with Gasteiger partial charge < -0.3 is 0 Å². The van der Waals surface area contributed by atoms with Crippen LogP contribution in [0.2, 0.25) is 0 Å². The van der Waals surface area contributed by atoms with Crippen LogP contribution in [0.3, 0.4) is 0 Å². The quantitative estimate of drug-likeness (QED) is 0.629. The zero-order chi connectivity index (χ0) is 11.3. The van der Waals surface area contributed by atoms with E-state index in [1.165, 1.54) is 31.2 Å². The van der Waals surface area contributed by atoms with Crippen LogP contribution in [-0.2, 0) is 0 Å². The Morgan fingerprint density at radius 3 is 2.07 bits per heavy atom. The van der Waals surface area contributed by atoms with Crippen molar-refractivity contribution in [1.82, 2.24) is 0 Å². The van der Waals surface area contributed by atoms with E-state index in [9.17, 15) is 0 Å². The van der Waals surface area contributed by atoms with Crippen molar-refractivity contribution in [1.29, 1.82) is 0 Å². The van der Waals surface area contributed by atoms with Crippen LogP contribution in [0.1, 0.15) is 51.0 Å². The second-order valence-corrected chi connectivity index (χ2v) is 5.66. The van der Waals surface area contributed by atoms with E-state index in [0.29, 0.717) is 0 Å². The number of hydrogen-bond donors (Lipinski definition) is 0. The maximum absolute atomic E-state index is 3.57. The van der Waals surface area contributed by atoms with Crippen molar-refractivity contribution in [2.45, 2.75) is 45.4 Å². The van der Waals surface area contributed by atoms with Gasteiger partial charge in [-0.15, -0.1) is 0 Å². The Labute approximate surface area is 110 Å². The van der Waals surface area contributed by atoms with Crippen LogP contribution in [0.25, 0.3) is 0 Å². The molecule has 0 bridgehead atoms. The zero-order valence-electron chi connectivity index (χ0n) is 9.39. The Bertz CT molecular complexity index is 301. The lowest BCUT2D eigenvalue weighted by molar-refractivity contribution is 0.560. The molecule has 0 spiro atoms. The van der Waals surface area contributed by atoms with Crippen LogP contribution in [0, 0.1) is 0 Å². The van der Waals surface area contributed by atoms with Gasteiger partial charge in [0.1, 0.15) is 0 Å². The summed E-state index contributed by atoms with van der Waals surface area (Å²) >= 11 is 7.08. The molecule has 2 heteroatoms. The van der Waals surface area contributed by atoms with E-state index in [1.807, 2.05) is 0 Å². The Balaban J connectivity index is 2.85. The van der Waals surface area contributed by atoms with Gasteiger partial charge in [0.25, 0.3) is 0 Å². The fourth-order valence-corrected chi connectivity index (χ4v) is 2.58. The molecule has 0 aliphatic rings. The highest BCUT2D eigenvalue weighted by molar-refractivity contribution is 9.13. The SMILES string of the molecule is CCCC(CCC)c1ccc(Br)c(Br)c1. The van der Waals surface area contributed by atoms with Crippen molar-refractivity contribution in [2.75, 3.05) is 0 Å². The van der Waals surface area contributed by atoms with E-state index in [1.54, 1.807) is 0 Å². The van der Waals surface area contributed by atoms with Crippen LogP contribution in [-0.4, -0.2) is 0 Å². The first-order valence-corrected chi connectivity index (χ1v) is 7.22. The molecular formula is C13H18Br2. The molecule has 0 aliphatic carbocycles. The Morgan fingerprint density at radius 1 is 1.00 bits per heavy atom. The third-order valence-electron chi connectivity index (χ3n) is 2.69. The molecule has 0 saturated carbocycles. The van der Waals surface area contributed by atoms with Gasteiger partial charge in [-0.1, -0.05) is 32.8 Å². The fourth-order valence-electron chi connectivity index (χ4n) is 1.94. The summed E-state index contributed by atoms with van der Waals surface area (Å²) in [6.07, 6.45) is 5.11. The summed E-state index contributed by atoms with van der Waals surface area (Å²) in [6, 6.07) is 6.63. The van der Waals surface area contributed by atoms with Crippen molar-refractivity contribution in [3.05, 3.63) is 32.7 Å². The normalized spacial score (nSPS) is 11.0. The van der Waals surface area contributed by atoms with E-state index in [2.05, 4.69) is 63.9 Å². The van der Waals surface area contributed by atoms with E-state index in [0.717, 1.165) is 14.9 Å². The van der Waals surface area contributed by atoms with Crippen LogP contribution in [0.15, 0.2) is 27.1 Å². The monoisotopic (exact) mass is 332 g/mol. The van der Waals surface area contributed by atoms with Crippen LogP contribution < -0.4 is 0 Å². The van der Waals surface area contributed by atoms with Crippen molar-refractivity contribution >= 4 is 31.9 Å². The maximum Gasteiger partial charge on any atom is 0.0320 e. The smallest absolute Gasteiger partial charge is 0.0320 e. The highest BCUT2D eigenvalue weighted by atomic mass is 79.9. The molecule has 15 heavy (non-hydrogen) atoms. The topological polar surface area (TPSA) is 0 Å². The second kappa shape index (κ2) is 6.70. The molecule has 0 amide bonds. The largest absolute Gasteiger partial charge is 0.0654 e. The molecule has 1 rings (SSSR count). The molecule has 1 aromatic carbocycles. The summed E-state index contributed by atoms with van der Waals surface area (Å²) in [5.41, 5.74) is 1.47. The Hall–Kier alpha value is 0.180. The highest BCUT2D eigenvalue weighted by Crippen LogP contribution is 2.31. The van der Waals surface area contributed by atoms with E-state index < -0.39 is 0 Å². The van der Waals surface area contributed by atoms with E-state index >= 15 is 0 Å². The summed E-state index contributed by atoms with van der Waals surface area (Å²) in [7, 11) is 0. The molecule has 0 N–H and O–H groups in total. The van der Waals surface area contributed by atoms with Gasteiger partial charge in [-0.2, -0.15) is 0 Å². The Kier molecular flexibility index (Phi) is 5.91. The van der Waals surface area contributed by atoms with Crippen LogP contribution in [0.5, 0.6) is 0 Å². The van der Waals surface area contributed by atoms with Gasteiger partial charge in [-0.05, 0) is 68.3 Å². The lowest BCUT2D eigenvalue weighted by atomic mass is 9.90. The molecule has 0 fully saturated rings. The Morgan fingerprint density at radius 2 is 1.60 bits per heavy atom. The molecule has 0 nitrogen and oxygen atoms in total. The minimum atomic E-state index is 0.726. The lowest BCUT2D eigenvalue weighted by Gasteiger charge is -2.16. The molecule has 0 aromatic heterocycles.